The van der Waals surface area contributed by atoms with Crippen molar-refractivity contribution in [1.82, 2.24) is 19.7 Å². The number of aryl methyl sites for hydroxylation is 2. The number of aromatic nitrogens is 4. The predicted octanol–water partition coefficient (Wildman–Crippen LogP) is 4.18. The lowest BCUT2D eigenvalue weighted by molar-refractivity contribution is 0.414. The van der Waals surface area contributed by atoms with Crippen molar-refractivity contribution in [2.45, 2.75) is 13.8 Å². The summed E-state index contributed by atoms with van der Waals surface area (Å²) in [6.45, 7) is 4.16. The number of hydrogen-bond acceptors (Lipinski definition) is 5. The molecule has 2 aromatic heterocycles. The lowest BCUT2D eigenvalue weighted by Crippen LogP contribution is -2.01. The Morgan fingerprint density at radius 2 is 1.69 bits per heavy atom. The van der Waals surface area contributed by atoms with Crippen LogP contribution in [0.15, 0.2) is 55.0 Å². The number of ether oxygens (including phenoxy) is 1. The number of methoxy groups -OCH3 is 1. The Kier molecular flexibility index (Phi) is 4.01. The third-order valence-corrected chi connectivity index (χ3v) is 4.41. The van der Waals surface area contributed by atoms with Crippen LogP contribution < -0.4 is 10.1 Å². The van der Waals surface area contributed by atoms with Crippen molar-refractivity contribution in [2.24, 2.45) is 0 Å². The summed E-state index contributed by atoms with van der Waals surface area (Å²) in [6.07, 6.45) is 3.34. The first-order chi connectivity index (χ1) is 12.7. The van der Waals surface area contributed by atoms with E-state index in [2.05, 4.69) is 46.4 Å². The molecular weight excluding hydrogens is 326 g/mol. The van der Waals surface area contributed by atoms with Crippen LogP contribution in [0.1, 0.15) is 11.1 Å². The molecule has 0 saturated carbocycles. The number of anilines is 2. The van der Waals surface area contributed by atoms with Crippen molar-refractivity contribution < 1.29 is 4.74 Å². The summed E-state index contributed by atoms with van der Waals surface area (Å²) >= 11 is 0. The van der Waals surface area contributed by atoms with E-state index in [9.17, 15) is 0 Å². The van der Waals surface area contributed by atoms with Crippen molar-refractivity contribution in [3.05, 3.63) is 66.1 Å². The Hall–Kier alpha value is -3.41. The fourth-order valence-corrected chi connectivity index (χ4v) is 2.99. The second-order valence-corrected chi connectivity index (χ2v) is 6.11. The standard InChI is InChI=1S/C20H19N5O/c1-13-5-4-6-14(2)18(13)24-19-17-11-23-25(20(17)22-12-21-19)15-7-9-16(26-3)10-8-15/h4-12H,1-3H3,(H,21,22,24). The molecule has 26 heavy (non-hydrogen) atoms. The van der Waals surface area contributed by atoms with Crippen LogP contribution in [0, 0.1) is 13.8 Å². The molecule has 0 bridgehead atoms. The number of hydrogen-bond donors (Lipinski definition) is 1. The number of fused-ring (bicyclic) bond motifs is 1. The largest absolute Gasteiger partial charge is 0.497 e. The molecule has 2 heterocycles. The van der Waals surface area contributed by atoms with Crippen LogP contribution in [-0.2, 0) is 0 Å². The van der Waals surface area contributed by atoms with Crippen LogP contribution >= 0.6 is 0 Å². The molecule has 0 saturated heterocycles. The van der Waals surface area contributed by atoms with Gasteiger partial charge in [-0.05, 0) is 49.2 Å². The number of nitrogens with zero attached hydrogens (tertiary/aromatic N) is 4. The summed E-state index contributed by atoms with van der Waals surface area (Å²) in [5, 5.41) is 8.81. The van der Waals surface area contributed by atoms with Gasteiger partial charge in [-0.25, -0.2) is 14.6 Å². The van der Waals surface area contributed by atoms with Crippen LogP contribution in [0.25, 0.3) is 16.7 Å². The maximum Gasteiger partial charge on any atom is 0.168 e. The SMILES string of the molecule is COc1ccc(-n2ncc3c(Nc4c(C)cccc4C)ncnc32)cc1. The van der Waals surface area contributed by atoms with Gasteiger partial charge in [0.1, 0.15) is 17.9 Å². The summed E-state index contributed by atoms with van der Waals surface area (Å²) in [5.74, 6) is 1.55. The zero-order chi connectivity index (χ0) is 18.1. The van der Waals surface area contributed by atoms with Crippen LogP contribution in [0.3, 0.4) is 0 Å². The van der Waals surface area contributed by atoms with Gasteiger partial charge in [-0.1, -0.05) is 18.2 Å². The third-order valence-electron chi connectivity index (χ3n) is 4.41. The second kappa shape index (κ2) is 6.48. The van der Waals surface area contributed by atoms with Crippen LogP contribution in [0.2, 0.25) is 0 Å². The molecular formula is C20H19N5O. The number of benzene rings is 2. The molecule has 2 aromatic carbocycles. The average Bonchev–Trinajstić information content (AvgIpc) is 3.10. The highest BCUT2D eigenvalue weighted by atomic mass is 16.5. The summed E-state index contributed by atoms with van der Waals surface area (Å²) in [6, 6.07) is 13.9. The van der Waals surface area contributed by atoms with Crippen LogP contribution in [-0.4, -0.2) is 26.9 Å². The molecule has 0 fully saturated rings. The first kappa shape index (κ1) is 16.1. The van der Waals surface area contributed by atoms with Gasteiger partial charge in [0, 0.05) is 5.69 Å². The van der Waals surface area contributed by atoms with Crippen molar-refractivity contribution in [1.29, 1.82) is 0 Å². The third kappa shape index (κ3) is 2.75. The normalized spacial score (nSPS) is 10.9. The van der Waals surface area contributed by atoms with E-state index in [1.54, 1.807) is 24.3 Å². The van der Waals surface area contributed by atoms with Gasteiger partial charge in [-0.15, -0.1) is 0 Å². The van der Waals surface area contributed by atoms with Gasteiger partial charge in [0.15, 0.2) is 5.65 Å². The Bertz CT molecular complexity index is 1050. The first-order valence-electron chi connectivity index (χ1n) is 8.34. The molecule has 0 atom stereocenters. The Morgan fingerprint density at radius 1 is 0.962 bits per heavy atom. The molecule has 0 aliphatic rings. The summed E-state index contributed by atoms with van der Waals surface area (Å²) in [4.78, 5) is 8.85. The fourth-order valence-electron chi connectivity index (χ4n) is 2.99. The summed E-state index contributed by atoms with van der Waals surface area (Å²) < 4.78 is 7.01. The van der Waals surface area contributed by atoms with E-state index in [0.717, 1.165) is 34.0 Å². The van der Waals surface area contributed by atoms with Gasteiger partial charge in [-0.3, -0.25) is 0 Å². The number of rotatable bonds is 4. The quantitative estimate of drug-likeness (QED) is 0.601. The van der Waals surface area contributed by atoms with E-state index < -0.39 is 0 Å². The van der Waals surface area contributed by atoms with E-state index in [1.807, 2.05) is 30.3 Å². The van der Waals surface area contributed by atoms with Gasteiger partial charge in [0.2, 0.25) is 0 Å². The van der Waals surface area contributed by atoms with E-state index in [0.29, 0.717) is 0 Å². The summed E-state index contributed by atoms with van der Waals surface area (Å²) in [5.41, 5.74) is 5.06. The highest BCUT2D eigenvalue weighted by Gasteiger charge is 2.13. The maximum atomic E-state index is 5.22. The number of para-hydroxylation sites is 1. The fraction of sp³-hybridized carbons (Fsp3) is 0.150. The number of nitrogens with one attached hydrogen (secondary N) is 1. The molecule has 6 nitrogen and oxygen atoms in total. The summed E-state index contributed by atoms with van der Waals surface area (Å²) in [7, 11) is 1.65. The van der Waals surface area contributed by atoms with Crippen molar-refractivity contribution in [3.8, 4) is 11.4 Å². The van der Waals surface area contributed by atoms with Gasteiger partial charge in [0.25, 0.3) is 0 Å². The Labute approximate surface area is 151 Å². The highest BCUT2D eigenvalue weighted by molar-refractivity contribution is 5.89. The molecule has 4 rings (SSSR count). The zero-order valence-electron chi connectivity index (χ0n) is 14.9. The topological polar surface area (TPSA) is 64.9 Å². The van der Waals surface area contributed by atoms with Gasteiger partial charge in [0.05, 0.1) is 24.4 Å². The molecule has 4 aromatic rings. The molecule has 0 amide bonds. The average molecular weight is 345 g/mol. The van der Waals surface area contributed by atoms with E-state index in [1.165, 1.54) is 11.1 Å². The van der Waals surface area contributed by atoms with Gasteiger partial charge >= 0.3 is 0 Å². The Balaban J connectivity index is 1.77. The smallest absolute Gasteiger partial charge is 0.168 e. The monoisotopic (exact) mass is 345 g/mol. The molecule has 0 aliphatic carbocycles. The molecule has 0 radical (unpaired) electrons. The Morgan fingerprint density at radius 3 is 2.38 bits per heavy atom. The lowest BCUT2D eigenvalue weighted by atomic mass is 10.1. The van der Waals surface area contributed by atoms with Crippen molar-refractivity contribution in [2.75, 3.05) is 12.4 Å². The molecule has 6 heteroatoms. The first-order valence-corrected chi connectivity index (χ1v) is 8.34. The van der Waals surface area contributed by atoms with Gasteiger partial charge in [-0.2, -0.15) is 5.10 Å². The van der Waals surface area contributed by atoms with Crippen LogP contribution in [0.4, 0.5) is 11.5 Å². The zero-order valence-corrected chi connectivity index (χ0v) is 14.9. The lowest BCUT2D eigenvalue weighted by Gasteiger charge is -2.12. The molecule has 0 aliphatic heterocycles. The molecule has 1 N–H and O–H groups in total. The molecule has 0 spiro atoms. The minimum atomic E-state index is 0.743. The second-order valence-electron chi connectivity index (χ2n) is 6.11. The van der Waals surface area contributed by atoms with Crippen LogP contribution in [0.5, 0.6) is 5.75 Å². The van der Waals surface area contributed by atoms with E-state index in [-0.39, 0.29) is 0 Å². The minimum Gasteiger partial charge on any atom is -0.497 e. The van der Waals surface area contributed by atoms with Crippen molar-refractivity contribution in [3.63, 3.8) is 0 Å². The molecule has 0 unspecified atom stereocenters. The predicted molar refractivity (Wildman–Crippen MR) is 102 cm³/mol. The maximum absolute atomic E-state index is 5.22. The molecule has 130 valence electrons. The van der Waals surface area contributed by atoms with Gasteiger partial charge < -0.3 is 10.1 Å². The minimum absolute atomic E-state index is 0.743. The van der Waals surface area contributed by atoms with E-state index in [4.69, 9.17) is 4.74 Å². The van der Waals surface area contributed by atoms with E-state index >= 15 is 0 Å². The highest BCUT2D eigenvalue weighted by Crippen LogP contribution is 2.28. The van der Waals surface area contributed by atoms with Crippen molar-refractivity contribution >= 4 is 22.5 Å².